The number of hydrogen-bond donors (Lipinski definition) is 1. The summed E-state index contributed by atoms with van der Waals surface area (Å²) in [4.78, 5) is 0. The Bertz CT molecular complexity index is 367. The van der Waals surface area contributed by atoms with Gasteiger partial charge in [-0.3, -0.25) is 0 Å². The Morgan fingerprint density at radius 2 is 2.28 bits per heavy atom. The van der Waals surface area contributed by atoms with Gasteiger partial charge in [-0.2, -0.15) is 0 Å². The molecule has 2 rings (SSSR count). The second-order valence-corrected chi connectivity index (χ2v) is 4.81. The van der Waals surface area contributed by atoms with Crippen LogP contribution in [0.15, 0.2) is 24.3 Å². The molecule has 0 saturated heterocycles. The van der Waals surface area contributed by atoms with E-state index >= 15 is 0 Å². The molecule has 0 fully saturated rings. The lowest BCUT2D eigenvalue weighted by Crippen LogP contribution is -2.35. The molecule has 1 heterocycles. The minimum absolute atomic E-state index is 0.505. The number of nitrogens with one attached hydrogen (secondary N) is 1. The lowest BCUT2D eigenvalue weighted by atomic mass is 9.84. The molecule has 1 aromatic rings. The highest BCUT2D eigenvalue weighted by Gasteiger charge is 2.27. The maximum Gasteiger partial charge on any atom is 0.122 e. The summed E-state index contributed by atoms with van der Waals surface area (Å²) >= 11 is 0. The van der Waals surface area contributed by atoms with E-state index in [4.69, 9.17) is 9.47 Å². The quantitative estimate of drug-likeness (QED) is 0.786. The molecule has 0 bridgehead atoms. The van der Waals surface area contributed by atoms with Crippen molar-refractivity contribution in [3.63, 3.8) is 0 Å². The molecule has 18 heavy (non-hydrogen) atoms. The van der Waals surface area contributed by atoms with Crippen LogP contribution in [0.5, 0.6) is 5.75 Å². The van der Waals surface area contributed by atoms with Crippen LogP contribution in [0, 0.1) is 0 Å². The van der Waals surface area contributed by atoms with Crippen molar-refractivity contribution in [2.45, 2.75) is 31.2 Å². The highest BCUT2D eigenvalue weighted by atomic mass is 16.5. The van der Waals surface area contributed by atoms with E-state index in [-0.39, 0.29) is 0 Å². The van der Waals surface area contributed by atoms with Crippen molar-refractivity contribution in [1.82, 2.24) is 5.32 Å². The van der Waals surface area contributed by atoms with Gasteiger partial charge in [0.05, 0.1) is 6.61 Å². The van der Waals surface area contributed by atoms with Gasteiger partial charge in [-0.25, -0.2) is 0 Å². The fourth-order valence-electron chi connectivity index (χ4n) is 2.78. The summed E-state index contributed by atoms with van der Waals surface area (Å²) in [6.07, 6.45) is 3.33. The number of rotatable bonds is 6. The third-order valence-electron chi connectivity index (χ3n) is 3.72. The van der Waals surface area contributed by atoms with Gasteiger partial charge in [0.1, 0.15) is 5.75 Å². The molecule has 100 valence electrons. The molecule has 1 aromatic carbocycles. The molecule has 0 spiro atoms. The Balaban J connectivity index is 2.07. The first-order valence-electron chi connectivity index (χ1n) is 6.74. The number of methoxy groups -OCH3 is 1. The fourth-order valence-corrected chi connectivity index (χ4v) is 2.78. The Kier molecular flexibility index (Phi) is 5.02. The molecule has 3 nitrogen and oxygen atoms in total. The van der Waals surface area contributed by atoms with E-state index in [9.17, 15) is 0 Å². The van der Waals surface area contributed by atoms with Crippen LogP contribution in [0.25, 0.3) is 0 Å². The zero-order valence-electron chi connectivity index (χ0n) is 11.3. The molecule has 3 heteroatoms. The van der Waals surface area contributed by atoms with E-state index in [0.717, 1.165) is 38.2 Å². The minimum atomic E-state index is 0.505. The Labute approximate surface area is 109 Å². The first-order valence-corrected chi connectivity index (χ1v) is 6.74. The summed E-state index contributed by atoms with van der Waals surface area (Å²) < 4.78 is 10.9. The Morgan fingerprint density at radius 1 is 1.44 bits per heavy atom. The van der Waals surface area contributed by atoms with Gasteiger partial charge in [-0.05, 0) is 37.9 Å². The first-order chi connectivity index (χ1) is 8.86. The summed E-state index contributed by atoms with van der Waals surface area (Å²) in [5, 5.41) is 3.46. The van der Waals surface area contributed by atoms with Crippen LogP contribution < -0.4 is 10.1 Å². The molecular weight excluding hydrogens is 226 g/mol. The van der Waals surface area contributed by atoms with Crippen molar-refractivity contribution in [2.75, 3.05) is 27.4 Å². The third-order valence-corrected chi connectivity index (χ3v) is 3.72. The van der Waals surface area contributed by atoms with Crippen molar-refractivity contribution in [1.29, 1.82) is 0 Å². The van der Waals surface area contributed by atoms with E-state index in [0.29, 0.717) is 12.0 Å². The zero-order chi connectivity index (χ0) is 12.8. The van der Waals surface area contributed by atoms with E-state index in [1.54, 1.807) is 7.11 Å². The van der Waals surface area contributed by atoms with E-state index in [2.05, 4.69) is 30.6 Å². The van der Waals surface area contributed by atoms with E-state index < -0.39 is 0 Å². The lowest BCUT2D eigenvalue weighted by molar-refractivity contribution is 0.183. The number of hydrogen-bond acceptors (Lipinski definition) is 3. The largest absolute Gasteiger partial charge is 0.493 e. The van der Waals surface area contributed by atoms with Crippen molar-refractivity contribution in [2.24, 2.45) is 0 Å². The average Bonchev–Trinajstić information content (AvgIpc) is 2.43. The van der Waals surface area contributed by atoms with Gasteiger partial charge in [-0.15, -0.1) is 0 Å². The predicted molar refractivity (Wildman–Crippen MR) is 73.3 cm³/mol. The number of likely N-dealkylation sites (N-methyl/N-ethyl adjacent to an activating group) is 1. The lowest BCUT2D eigenvalue weighted by Gasteiger charge is -2.32. The Morgan fingerprint density at radius 3 is 3.06 bits per heavy atom. The molecule has 0 aromatic heterocycles. The molecule has 0 aliphatic carbocycles. The van der Waals surface area contributed by atoms with Crippen molar-refractivity contribution < 1.29 is 9.47 Å². The summed E-state index contributed by atoms with van der Waals surface area (Å²) in [6, 6.07) is 8.91. The van der Waals surface area contributed by atoms with Crippen LogP contribution in [0.3, 0.4) is 0 Å². The van der Waals surface area contributed by atoms with Crippen LogP contribution >= 0.6 is 0 Å². The molecule has 1 aliphatic heterocycles. The summed E-state index contributed by atoms with van der Waals surface area (Å²) in [7, 11) is 3.81. The zero-order valence-corrected chi connectivity index (χ0v) is 11.3. The van der Waals surface area contributed by atoms with E-state index in [1.807, 2.05) is 6.07 Å². The highest BCUT2D eigenvalue weighted by Crippen LogP contribution is 2.36. The van der Waals surface area contributed by atoms with Crippen LogP contribution in [0.1, 0.15) is 30.7 Å². The average molecular weight is 249 g/mol. The molecule has 0 amide bonds. The van der Waals surface area contributed by atoms with Gasteiger partial charge < -0.3 is 14.8 Å². The summed E-state index contributed by atoms with van der Waals surface area (Å²) in [5.41, 5.74) is 1.35. The molecule has 2 unspecified atom stereocenters. The molecule has 0 radical (unpaired) electrons. The normalized spacial score (nSPS) is 20.0. The maximum absolute atomic E-state index is 5.72. The number of benzene rings is 1. The van der Waals surface area contributed by atoms with Crippen LogP contribution in [0.4, 0.5) is 0 Å². The third kappa shape index (κ3) is 3.03. The van der Waals surface area contributed by atoms with Gasteiger partial charge in [0.25, 0.3) is 0 Å². The van der Waals surface area contributed by atoms with Gasteiger partial charge in [0.2, 0.25) is 0 Å². The number of para-hydroxylation sites is 1. The van der Waals surface area contributed by atoms with Gasteiger partial charge >= 0.3 is 0 Å². The standard InChI is InChI=1S/C15H23NO2/c1-16-14(7-5-10-17-2)12-9-11-18-15-8-4-3-6-13(12)15/h3-4,6,8,12,14,16H,5,7,9-11H2,1-2H3. The maximum atomic E-state index is 5.72. The fraction of sp³-hybridized carbons (Fsp3) is 0.600. The highest BCUT2D eigenvalue weighted by molar-refractivity contribution is 5.38. The van der Waals surface area contributed by atoms with Crippen LogP contribution in [-0.4, -0.2) is 33.4 Å². The first kappa shape index (κ1) is 13.4. The van der Waals surface area contributed by atoms with E-state index in [1.165, 1.54) is 5.56 Å². The molecule has 1 aliphatic rings. The smallest absolute Gasteiger partial charge is 0.122 e. The second kappa shape index (κ2) is 6.76. The molecule has 0 saturated carbocycles. The SMILES string of the molecule is CNC(CCCOC)C1CCOc2ccccc21. The van der Waals surface area contributed by atoms with Gasteiger partial charge in [0.15, 0.2) is 0 Å². The number of fused-ring (bicyclic) bond motifs is 1. The molecule has 1 N–H and O–H groups in total. The van der Waals surface area contributed by atoms with Crippen molar-refractivity contribution in [3.05, 3.63) is 29.8 Å². The molecular formula is C15H23NO2. The van der Waals surface area contributed by atoms with Crippen LogP contribution in [0.2, 0.25) is 0 Å². The predicted octanol–water partition coefficient (Wildman–Crippen LogP) is 2.57. The topological polar surface area (TPSA) is 30.5 Å². The van der Waals surface area contributed by atoms with Gasteiger partial charge in [0, 0.05) is 25.7 Å². The monoisotopic (exact) mass is 249 g/mol. The Hall–Kier alpha value is -1.06. The van der Waals surface area contributed by atoms with Crippen molar-refractivity contribution >= 4 is 0 Å². The second-order valence-electron chi connectivity index (χ2n) is 4.81. The van der Waals surface area contributed by atoms with Crippen LogP contribution in [-0.2, 0) is 4.74 Å². The summed E-state index contributed by atoms with van der Waals surface area (Å²) in [6.45, 7) is 1.66. The van der Waals surface area contributed by atoms with Crippen molar-refractivity contribution in [3.8, 4) is 5.75 Å². The summed E-state index contributed by atoms with van der Waals surface area (Å²) in [5.74, 6) is 1.61. The number of ether oxygens (including phenoxy) is 2. The van der Waals surface area contributed by atoms with Gasteiger partial charge in [-0.1, -0.05) is 18.2 Å². The minimum Gasteiger partial charge on any atom is -0.493 e. The molecule has 2 atom stereocenters.